The molecule has 0 aliphatic rings. The lowest BCUT2D eigenvalue weighted by Gasteiger charge is -2.18. The standard InChI is InChI=1S/C8H11BrN4OS/c1-14-6-5-13(4-2-3-10)8-12-11-7(9)15-8/h2,4-6H2,1H3. The van der Waals surface area contributed by atoms with E-state index in [9.17, 15) is 0 Å². The second kappa shape index (κ2) is 6.71. The molecule has 1 heterocycles. The minimum Gasteiger partial charge on any atom is -0.383 e. The maximum atomic E-state index is 8.54. The highest BCUT2D eigenvalue weighted by Crippen LogP contribution is 2.23. The van der Waals surface area contributed by atoms with Gasteiger partial charge in [0.05, 0.1) is 19.1 Å². The zero-order valence-corrected chi connectivity index (χ0v) is 10.7. The van der Waals surface area contributed by atoms with Gasteiger partial charge >= 0.3 is 0 Å². The summed E-state index contributed by atoms with van der Waals surface area (Å²) >= 11 is 4.71. The minimum absolute atomic E-state index is 0.473. The van der Waals surface area contributed by atoms with Crippen molar-refractivity contribution in [3.63, 3.8) is 0 Å². The van der Waals surface area contributed by atoms with Gasteiger partial charge in [0.2, 0.25) is 5.13 Å². The van der Waals surface area contributed by atoms with Gasteiger partial charge in [0, 0.05) is 20.2 Å². The Balaban J connectivity index is 2.59. The Morgan fingerprint density at radius 3 is 2.87 bits per heavy atom. The molecule has 15 heavy (non-hydrogen) atoms. The van der Waals surface area contributed by atoms with Crippen molar-refractivity contribution in [2.75, 3.05) is 31.7 Å². The van der Waals surface area contributed by atoms with Gasteiger partial charge in [0.1, 0.15) is 0 Å². The summed E-state index contributed by atoms with van der Waals surface area (Å²) in [4.78, 5) is 2.00. The van der Waals surface area contributed by atoms with Crippen LogP contribution in [0.25, 0.3) is 0 Å². The molecule has 0 saturated heterocycles. The van der Waals surface area contributed by atoms with Crippen LogP contribution in [0.2, 0.25) is 0 Å². The topological polar surface area (TPSA) is 62.0 Å². The zero-order chi connectivity index (χ0) is 11.1. The van der Waals surface area contributed by atoms with Crippen molar-refractivity contribution in [3.8, 4) is 6.07 Å². The number of hydrogen-bond donors (Lipinski definition) is 0. The van der Waals surface area contributed by atoms with Crippen LogP contribution in [0.4, 0.5) is 5.13 Å². The first-order chi connectivity index (χ1) is 7.27. The molecule has 0 atom stereocenters. The van der Waals surface area contributed by atoms with Crippen LogP contribution in [-0.2, 0) is 4.74 Å². The maximum absolute atomic E-state index is 8.54. The van der Waals surface area contributed by atoms with Gasteiger partial charge in [-0.1, -0.05) is 11.3 Å². The van der Waals surface area contributed by atoms with E-state index < -0.39 is 0 Å². The molecule has 0 amide bonds. The summed E-state index contributed by atoms with van der Waals surface area (Å²) in [6, 6.07) is 2.11. The molecule has 0 aliphatic heterocycles. The molecule has 0 fully saturated rings. The van der Waals surface area contributed by atoms with Crippen LogP contribution in [0.3, 0.4) is 0 Å². The summed E-state index contributed by atoms with van der Waals surface area (Å²) in [6.07, 6.45) is 0.473. The molecule has 1 aromatic heterocycles. The van der Waals surface area contributed by atoms with E-state index in [1.54, 1.807) is 7.11 Å². The Labute approximate surface area is 101 Å². The fourth-order valence-corrected chi connectivity index (χ4v) is 2.15. The number of nitrogens with zero attached hydrogens (tertiary/aromatic N) is 4. The van der Waals surface area contributed by atoms with E-state index in [2.05, 4.69) is 32.2 Å². The summed E-state index contributed by atoms with van der Waals surface area (Å²) < 4.78 is 5.75. The second-order valence-electron chi connectivity index (χ2n) is 2.73. The summed E-state index contributed by atoms with van der Waals surface area (Å²) in [5.74, 6) is 0. The molecule has 0 saturated carbocycles. The number of aromatic nitrogens is 2. The molecule has 0 aliphatic carbocycles. The smallest absolute Gasteiger partial charge is 0.209 e. The second-order valence-corrected chi connectivity index (χ2v) is 4.96. The maximum Gasteiger partial charge on any atom is 0.209 e. The zero-order valence-electron chi connectivity index (χ0n) is 8.31. The average molecular weight is 291 g/mol. The summed E-state index contributed by atoms with van der Waals surface area (Å²) in [7, 11) is 1.65. The molecule has 0 aromatic carbocycles. The Morgan fingerprint density at radius 2 is 2.33 bits per heavy atom. The predicted octanol–water partition coefficient (Wildman–Crippen LogP) is 1.67. The fourth-order valence-electron chi connectivity index (χ4n) is 1.02. The van der Waals surface area contributed by atoms with Gasteiger partial charge in [-0.05, 0) is 15.9 Å². The van der Waals surface area contributed by atoms with Crippen LogP contribution in [-0.4, -0.2) is 37.0 Å². The number of ether oxygens (including phenoxy) is 1. The highest BCUT2D eigenvalue weighted by molar-refractivity contribution is 9.11. The molecule has 1 rings (SSSR count). The normalized spacial score (nSPS) is 9.93. The third-order valence-electron chi connectivity index (χ3n) is 1.72. The SMILES string of the molecule is COCCN(CCC#N)c1nnc(Br)s1. The van der Waals surface area contributed by atoms with Crippen LogP contribution in [0.15, 0.2) is 3.92 Å². The van der Waals surface area contributed by atoms with E-state index >= 15 is 0 Å². The first-order valence-electron chi connectivity index (χ1n) is 4.37. The summed E-state index contributed by atoms with van der Waals surface area (Å²) in [5.41, 5.74) is 0. The molecule has 7 heteroatoms. The Hall–Kier alpha value is -0.710. The first-order valence-corrected chi connectivity index (χ1v) is 5.98. The quantitative estimate of drug-likeness (QED) is 0.797. The minimum atomic E-state index is 0.473. The lowest BCUT2D eigenvalue weighted by Crippen LogP contribution is -2.28. The Bertz CT molecular complexity index is 338. The molecule has 0 unspecified atom stereocenters. The molecular formula is C8H11BrN4OS. The highest BCUT2D eigenvalue weighted by atomic mass is 79.9. The van der Waals surface area contributed by atoms with Crippen LogP contribution in [0.5, 0.6) is 0 Å². The van der Waals surface area contributed by atoms with Crippen molar-refractivity contribution in [2.45, 2.75) is 6.42 Å². The van der Waals surface area contributed by atoms with Gasteiger partial charge < -0.3 is 9.64 Å². The number of hydrogen-bond acceptors (Lipinski definition) is 6. The molecule has 1 aromatic rings. The van der Waals surface area contributed by atoms with Gasteiger partial charge in [-0.3, -0.25) is 0 Å². The van der Waals surface area contributed by atoms with E-state index in [1.165, 1.54) is 11.3 Å². The number of methoxy groups -OCH3 is 1. The predicted molar refractivity (Wildman–Crippen MR) is 61.9 cm³/mol. The van der Waals surface area contributed by atoms with Crippen molar-refractivity contribution in [1.82, 2.24) is 10.2 Å². The fraction of sp³-hybridized carbons (Fsp3) is 0.625. The first kappa shape index (κ1) is 12.4. The van der Waals surface area contributed by atoms with Gasteiger partial charge in [-0.25, -0.2) is 0 Å². The summed E-state index contributed by atoms with van der Waals surface area (Å²) in [6.45, 7) is 1.99. The van der Waals surface area contributed by atoms with Gasteiger partial charge in [0.15, 0.2) is 3.92 Å². The molecule has 5 nitrogen and oxygen atoms in total. The highest BCUT2D eigenvalue weighted by Gasteiger charge is 2.10. The van der Waals surface area contributed by atoms with Crippen LogP contribution in [0, 0.1) is 11.3 Å². The lowest BCUT2D eigenvalue weighted by atomic mass is 10.4. The van der Waals surface area contributed by atoms with Gasteiger partial charge in [0.25, 0.3) is 0 Å². The number of anilines is 1. The van der Waals surface area contributed by atoms with Crippen molar-refractivity contribution >= 4 is 32.4 Å². The van der Waals surface area contributed by atoms with Crippen molar-refractivity contribution < 1.29 is 4.74 Å². The third-order valence-corrected chi connectivity index (χ3v) is 3.14. The van der Waals surface area contributed by atoms with E-state index in [1.807, 2.05) is 4.90 Å². The summed E-state index contributed by atoms with van der Waals surface area (Å²) in [5, 5.41) is 17.2. The van der Waals surface area contributed by atoms with Gasteiger partial charge in [-0.15, -0.1) is 10.2 Å². The van der Waals surface area contributed by atoms with Crippen LogP contribution >= 0.6 is 27.3 Å². The average Bonchev–Trinajstić information content (AvgIpc) is 2.65. The third kappa shape index (κ3) is 4.11. The molecule has 82 valence electrons. The van der Waals surface area contributed by atoms with Crippen LogP contribution < -0.4 is 4.90 Å². The lowest BCUT2D eigenvalue weighted by molar-refractivity contribution is 0.205. The number of halogens is 1. The van der Waals surface area contributed by atoms with E-state index in [0.717, 1.165) is 15.6 Å². The van der Waals surface area contributed by atoms with Crippen molar-refractivity contribution in [2.24, 2.45) is 0 Å². The molecule has 0 spiro atoms. The van der Waals surface area contributed by atoms with Gasteiger partial charge in [-0.2, -0.15) is 5.26 Å². The largest absolute Gasteiger partial charge is 0.383 e. The van der Waals surface area contributed by atoms with E-state index in [-0.39, 0.29) is 0 Å². The monoisotopic (exact) mass is 290 g/mol. The van der Waals surface area contributed by atoms with E-state index in [4.69, 9.17) is 10.00 Å². The van der Waals surface area contributed by atoms with Crippen molar-refractivity contribution in [3.05, 3.63) is 3.92 Å². The molecule has 0 bridgehead atoms. The molecule has 0 N–H and O–H groups in total. The Morgan fingerprint density at radius 1 is 1.53 bits per heavy atom. The number of rotatable bonds is 6. The van der Waals surface area contributed by atoms with Crippen LogP contribution in [0.1, 0.15) is 6.42 Å². The Kier molecular flexibility index (Phi) is 5.53. The van der Waals surface area contributed by atoms with Crippen molar-refractivity contribution in [1.29, 1.82) is 5.26 Å². The number of nitriles is 1. The molecule has 0 radical (unpaired) electrons. The van der Waals surface area contributed by atoms with E-state index in [0.29, 0.717) is 19.6 Å². The molecular weight excluding hydrogens is 280 g/mol.